The van der Waals surface area contributed by atoms with Gasteiger partial charge < -0.3 is 0 Å². The van der Waals surface area contributed by atoms with Crippen molar-refractivity contribution in [2.75, 3.05) is 0 Å². The first kappa shape index (κ1) is 22.1. The maximum absolute atomic E-state index is 13.6. The molecule has 5 rings (SSSR count). The standard InChI is InChI=1S/C31H23N3O/c1-22-8-3-4-10-26(22)16-18-30-33-28-12-6-5-11-27(28)31(35)34(30)29-17-15-24(20-23(29)2)13-14-25-9-7-19-32-21-25/h3-12,15-21H,1-2H3. The van der Waals surface area contributed by atoms with Gasteiger partial charge in [-0.25, -0.2) is 4.98 Å². The molecule has 2 aromatic heterocycles. The van der Waals surface area contributed by atoms with Crippen LogP contribution in [0.2, 0.25) is 0 Å². The highest BCUT2D eigenvalue weighted by Crippen LogP contribution is 2.20. The molecule has 0 N–H and O–H groups in total. The number of aromatic nitrogens is 3. The summed E-state index contributed by atoms with van der Waals surface area (Å²) in [4.78, 5) is 22.6. The largest absolute Gasteiger partial charge is 0.268 e. The van der Waals surface area contributed by atoms with Gasteiger partial charge in [0, 0.05) is 23.5 Å². The fraction of sp³-hybridized carbons (Fsp3) is 0.0645. The molecule has 35 heavy (non-hydrogen) atoms. The fourth-order valence-corrected chi connectivity index (χ4v) is 4.00. The number of aryl methyl sites for hydroxylation is 2. The molecule has 0 fully saturated rings. The average Bonchev–Trinajstić information content (AvgIpc) is 2.88. The van der Waals surface area contributed by atoms with Gasteiger partial charge in [0.25, 0.3) is 5.56 Å². The Hall–Kier alpha value is -4.75. The van der Waals surface area contributed by atoms with Crippen molar-refractivity contribution in [3.8, 4) is 17.5 Å². The highest BCUT2D eigenvalue weighted by molar-refractivity contribution is 5.80. The first-order chi connectivity index (χ1) is 17.1. The Balaban J connectivity index is 1.63. The van der Waals surface area contributed by atoms with E-state index in [1.165, 1.54) is 0 Å². The topological polar surface area (TPSA) is 47.8 Å². The van der Waals surface area contributed by atoms with E-state index in [1.807, 2.05) is 85.8 Å². The molecule has 0 amide bonds. The van der Waals surface area contributed by atoms with Crippen molar-refractivity contribution in [2.45, 2.75) is 13.8 Å². The molecule has 0 aliphatic rings. The minimum absolute atomic E-state index is 0.0997. The summed E-state index contributed by atoms with van der Waals surface area (Å²) in [5.74, 6) is 6.90. The Morgan fingerprint density at radius 2 is 1.60 bits per heavy atom. The molecule has 0 spiro atoms. The summed E-state index contributed by atoms with van der Waals surface area (Å²) >= 11 is 0. The van der Waals surface area contributed by atoms with Crippen molar-refractivity contribution in [1.29, 1.82) is 0 Å². The van der Waals surface area contributed by atoms with Crippen molar-refractivity contribution in [3.05, 3.63) is 135 Å². The van der Waals surface area contributed by atoms with E-state index in [2.05, 4.69) is 35.9 Å². The first-order valence-corrected chi connectivity index (χ1v) is 11.4. The number of hydrogen-bond acceptors (Lipinski definition) is 3. The summed E-state index contributed by atoms with van der Waals surface area (Å²) < 4.78 is 1.69. The summed E-state index contributed by atoms with van der Waals surface area (Å²) in [5.41, 5.74) is 6.26. The zero-order valence-corrected chi connectivity index (χ0v) is 19.6. The quantitative estimate of drug-likeness (QED) is 0.316. The molecule has 0 aliphatic carbocycles. The third-order valence-electron chi connectivity index (χ3n) is 5.85. The van der Waals surface area contributed by atoms with Crippen LogP contribution in [0.5, 0.6) is 0 Å². The van der Waals surface area contributed by atoms with Crippen LogP contribution in [-0.2, 0) is 0 Å². The zero-order chi connectivity index (χ0) is 24.2. The third-order valence-corrected chi connectivity index (χ3v) is 5.85. The monoisotopic (exact) mass is 453 g/mol. The second kappa shape index (κ2) is 9.62. The van der Waals surface area contributed by atoms with E-state index in [9.17, 15) is 4.79 Å². The lowest BCUT2D eigenvalue weighted by molar-refractivity contribution is 0.934. The van der Waals surface area contributed by atoms with Crippen molar-refractivity contribution in [2.24, 2.45) is 0 Å². The Bertz CT molecular complexity index is 1690. The van der Waals surface area contributed by atoms with Crippen LogP contribution in [-0.4, -0.2) is 14.5 Å². The van der Waals surface area contributed by atoms with Crippen LogP contribution in [0.3, 0.4) is 0 Å². The molecule has 168 valence electrons. The smallest absolute Gasteiger partial charge is 0.266 e. The maximum Gasteiger partial charge on any atom is 0.266 e. The summed E-state index contributed by atoms with van der Waals surface area (Å²) in [6.45, 7) is 4.05. The van der Waals surface area contributed by atoms with Crippen LogP contribution >= 0.6 is 0 Å². The summed E-state index contributed by atoms with van der Waals surface area (Å²) in [6.07, 6.45) is 7.38. The highest BCUT2D eigenvalue weighted by atomic mass is 16.1. The van der Waals surface area contributed by atoms with Crippen LogP contribution in [0.15, 0.2) is 96.1 Å². The summed E-state index contributed by atoms with van der Waals surface area (Å²) in [7, 11) is 0. The number of hydrogen-bond donors (Lipinski definition) is 0. The normalized spacial score (nSPS) is 10.9. The predicted molar refractivity (Wildman–Crippen MR) is 142 cm³/mol. The molecule has 4 heteroatoms. The van der Waals surface area contributed by atoms with E-state index in [4.69, 9.17) is 4.98 Å². The molecule has 0 unspecified atom stereocenters. The second-order valence-corrected chi connectivity index (χ2v) is 8.31. The second-order valence-electron chi connectivity index (χ2n) is 8.31. The van der Waals surface area contributed by atoms with Crippen LogP contribution in [0.1, 0.15) is 33.6 Å². The SMILES string of the molecule is Cc1ccccc1C=Cc1nc2ccccc2c(=O)n1-c1ccc(C#Cc2cccnc2)cc1C. The summed E-state index contributed by atoms with van der Waals surface area (Å²) in [6, 6.07) is 25.2. The van der Waals surface area contributed by atoms with Gasteiger partial charge in [-0.2, -0.15) is 0 Å². The van der Waals surface area contributed by atoms with Gasteiger partial charge in [0.15, 0.2) is 0 Å². The number of fused-ring (bicyclic) bond motifs is 1. The minimum Gasteiger partial charge on any atom is -0.268 e. The van der Waals surface area contributed by atoms with Gasteiger partial charge in [-0.3, -0.25) is 14.3 Å². The molecule has 0 atom stereocenters. The van der Waals surface area contributed by atoms with E-state index in [0.717, 1.165) is 33.5 Å². The van der Waals surface area contributed by atoms with Crippen molar-refractivity contribution < 1.29 is 0 Å². The zero-order valence-electron chi connectivity index (χ0n) is 19.6. The first-order valence-electron chi connectivity index (χ1n) is 11.4. The number of pyridine rings is 1. The maximum atomic E-state index is 13.6. The van der Waals surface area contributed by atoms with Gasteiger partial charge in [0.05, 0.1) is 16.6 Å². The lowest BCUT2D eigenvalue weighted by Gasteiger charge is -2.14. The van der Waals surface area contributed by atoms with Gasteiger partial charge in [0.1, 0.15) is 5.82 Å². The Labute approximate surface area is 204 Å². The number of rotatable bonds is 3. The van der Waals surface area contributed by atoms with Gasteiger partial charge in [0.2, 0.25) is 0 Å². The van der Waals surface area contributed by atoms with E-state index < -0.39 is 0 Å². The molecular formula is C31H23N3O. The van der Waals surface area contributed by atoms with E-state index in [1.54, 1.807) is 17.0 Å². The molecule has 0 saturated carbocycles. The van der Waals surface area contributed by atoms with Crippen LogP contribution in [0.25, 0.3) is 28.7 Å². The summed E-state index contributed by atoms with van der Waals surface area (Å²) in [5, 5.41) is 0.584. The molecule has 4 nitrogen and oxygen atoms in total. The molecule has 0 aliphatic heterocycles. The van der Waals surface area contributed by atoms with Crippen LogP contribution in [0, 0.1) is 25.7 Å². The van der Waals surface area contributed by atoms with Crippen LogP contribution < -0.4 is 5.56 Å². The predicted octanol–water partition coefficient (Wildman–Crippen LogP) is 5.97. The van der Waals surface area contributed by atoms with Crippen molar-refractivity contribution >= 4 is 23.1 Å². The van der Waals surface area contributed by atoms with Crippen LogP contribution in [0.4, 0.5) is 0 Å². The Morgan fingerprint density at radius 3 is 2.40 bits per heavy atom. The van der Waals surface area contributed by atoms with E-state index in [0.29, 0.717) is 16.7 Å². The highest BCUT2D eigenvalue weighted by Gasteiger charge is 2.13. The van der Waals surface area contributed by atoms with Gasteiger partial charge in [-0.1, -0.05) is 54.3 Å². The Kier molecular flexibility index (Phi) is 6.07. The van der Waals surface area contributed by atoms with Gasteiger partial charge in [-0.05, 0) is 79.1 Å². The molecular weight excluding hydrogens is 430 g/mol. The molecule has 3 aromatic carbocycles. The molecule has 5 aromatic rings. The number of benzene rings is 3. The molecule has 2 heterocycles. The average molecular weight is 454 g/mol. The fourth-order valence-electron chi connectivity index (χ4n) is 4.00. The lowest BCUT2D eigenvalue weighted by Crippen LogP contribution is -2.23. The van der Waals surface area contributed by atoms with Gasteiger partial charge >= 0.3 is 0 Å². The van der Waals surface area contributed by atoms with Crippen molar-refractivity contribution in [3.63, 3.8) is 0 Å². The molecule has 0 bridgehead atoms. The molecule has 0 saturated heterocycles. The third kappa shape index (κ3) is 4.66. The molecule has 0 radical (unpaired) electrons. The van der Waals surface area contributed by atoms with Gasteiger partial charge in [-0.15, -0.1) is 0 Å². The minimum atomic E-state index is -0.0997. The van der Waals surface area contributed by atoms with Crippen molar-refractivity contribution in [1.82, 2.24) is 14.5 Å². The Morgan fingerprint density at radius 1 is 0.800 bits per heavy atom. The van der Waals surface area contributed by atoms with E-state index in [-0.39, 0.29) is 5.56 Å². The number of nitrogens with zero attached hydrogens (tertiary/aromatic N) is 3. The number of para-hydroxylation sites is 1. The van der Waals surface area contributed by atoms with E-state index >= 15 is 0 Å². The lowest BCUT2D eigenvalue weighted by atomic mass is 10.1.